The van der Waals surface area contributed by atoms with Gasteiger partial charge in [-0.25, -0.2) is 0 Å². The van der Waals surface area contributed by atoms with E-state index >= 15 is 0 Å². The molecular formula is C8H12N4O2. The first-order chi connectivity index (χ1) is 6.52. The standard InChI is InChI=1S/C8H12N4O2/c1-5-6(3-11-12(5)2)8(14)10-4-7(9)13/h3H,4H2,1-2H3,(H2,9,13)(H,10,14). The topological polar surface area (TPSA) is 90.0 Å². The van der Waals surface area contributed by atoms with Crippen molar-refractivity contribution in [2.45, 2.75) is 6.92 Å². The van der Waals surface area contributed by atoms with Gasteiger partial charge in [-0.2, -0.15) is 5.10 Å². The zero-order chi connectivity index (χ0) is 10.7. The minimum absolute atomic E-state index is 0.160. The Bertz CT molecular complexity index is 369. The normalized spacial score (nSPS) is 9.86. The summed E-state index contributed by atoms with van der Waals surface area (Å²) in [7, 11) is 1.74. The lowest BCUT2D eigenvalue weighted by molar-refractivity contribution is -0.117. The van der Waals surface area contributed by atoms with E-state index in [-0.39, 0.29) is 12.5 Å². The van der Waals surface area contributed by atoms with E-state index in [1.807, 2.05) is 0 Å². The Hall–Kier alpha value is -1.85. The highest BCUT2D eigenvalue weighted by Gasteiger charge is 2.12. The average molecular weight is 196 g/mol. The summed E-state index contributed by atoms with van der Waals surface area (Å²) in [6.07, 6.45) is 1.45. The summed E-state index contributed by atoms with van der Waals surface area (Å²) in [5.74, 6) is -0.908. The van der Waals surface area contributed by atoms with Crippen LogP contribution < -0.4 is 11.1 Å². The molecule has 0 spiro atoms. The fourth-order valence-electron chi connectivity index (χ4n) is 0.984. The van der Waals surface area contributed by atoms with Crippen LogP contribution in [0.4, 0.5) is 0 Å². The van der Waals surface area contributed by atoms with Crippen molar-refractivity contribution >= 4 is 11.8 Å². The van der Waals surface area contributed by atoms with Gasteiger partial charge in [-0.3, -0.25) is 14.3 Å². The molecule has 0 unspecified atom stereocenters. The van der Waals surface area contributed by atoms with Crippen LogP contribution in [0.5, 0.6) is 0 Å². The molecule has 1 aromatic heterocycles. The van der Waals surface area contributed by atoms with Crippen LogP contribution >= 0.6 is 0 Å². The number of aryl methyl sites for hydroxylation is 1. The first-order valence-corrected chi connectivity index (χ1v) is 4.07. The van der Waals surface area contributed by atoms with Crippen LogP contribution in [0.1, 0.15) is 16.1 Å². The Labute approximate surface area is 81.1 Å². The van der Waals surface area contributed by atoms with Gasteiger partial charge in [-0.05, 0) is 6.92 Å². The molecule has 0 fully saturated rings. The smallest absolute Gasteiger partial charge is 0.255 e. The molecule has 6 nitrogen and oxygen atoms in total. The molecule has 0 aromatic carbocycles. The molecule has 0 saturated heterocycles. The maximum Gasteiger partial charge on any atom is 0.255 e. The molecule has 0 bridgehead atoms. The molecule has 0 saturated carbocycles. The third-order valence-electron chi connectivity index (χ3n) is 1.90. The van der Waals surface area contributed by atoms with Gasteiger partial charge in [0.2, 0.25) is 5.91 Å². The van der Waals surface area contributed by atoms with Crippen LogP contribution in [0, 0.1) is 6.92 Å². The highest BCUT2D eigenvalue weighted by Crippen LogP contribution is 2.04. The molecule has 0 atom stereocenters. The zero-order valence-corrected chi connectivity index (χ0v) is 8.07. The van der Waals surface area contributed by atoms with Crippen molar-refractivity contribution in [2.75, 3.05) is 6.54 Å². The zero-order valence-electron chi connectivity index (χ0n) is 8.07. The second-order valence-corrected chi connectivity index (χ2v) is 2.92. The highest BCUT2D eigenvalue weighted by atomic mass is 16.2. The van der Waals surface area contributed by atoms with Gasteiger partial charge < -0.3 is 11.1 Å². The maximum atomic E-state index is 11.4. The number of hydrogen-bond acceptors (Lipinski definition) is 3. The highest BCUT2D eigenvalue weighted by molar-refractivity contribution is 5.96. The van der Waals surface area contributed by atoms with Gasteiger partial charge >= 0.3 is 0 Å². The second kappa shape index (κ2) is 3.91. The van der Waals surface area contributed by atoms with E-state index in [0.29, 0.717) is 5.56 Å². The summed E-state index contributed by atoms with van der Waals surface area (Å²) in [4.78, 5) is 21.8. The summed E-state index contributed by atoms with van der Waals surface area (Å²) >= 11 is 0. The molecule has 2 amide bonds. The number of carbonyl (C=O) groups is 2. The van der Waals surface area contributed by atoms with E-state index in [1.165, 1.54) is 6.20 Å². The maximum absolute atomic E-state index is 11.4. The number of nitrogens with one attached hydrogen (secondary N) is 1. The lowest BCUT2D eigenvalue weighted by Crippen LogP contribution is -2.33. The Morgan fingerprint density at radius 3 is 2.71 bits per heavy atom. The Kier molecular flexibility index (Phi) is 2.85. The SMILES string of the molecule is Cc1c(C(=O)NCC(N)=O)cnn1C. The molecule has 1 heterocycles. The molecule has 0 aliphatic rings. The molecule has 1 rings (SSSR count). The van der Waals surface area contributed by atoms with Crippen LogP contribution in [0.2, 0.25) is 0 Å². The summed E-state index contributed by atoms with van der Waals surface area (Å²) in [6, 6.07) is 0. The number of nitrogens with two attached hydrogens (primary N) is 1. The molecule has 0 radical (unpaired) electrons. The minimum atomic E-state index is -0.570. The lowest BCUT2D eigenvalue weighted by atomic mass is 10.2. The Morgan fingerprint density at radius 1 is 1.64 bits per heavy atom. The van der Waals surface area contributed by atoms with Crippen LogP contribution in [-0.2, 0) is 11.8 Å². The number of hydrogen-bond donors (Lipinski definition) is 2. The molecule has 0 aliphatic heterocycles. The second-order valence-electron chi connectivity index (χ2n) is 2.92. The molecule has 1 aromatic rings. The van der Waals surface area contributed by atoms with E-state index in [2.05, 4.69) is 10.4 Å². The van der Waals surface area contributed by atoms with E-state index in [9.17, 15) is 9.59 Å². The fourth-order valence-corrected chi connectivity index (χ4v) is 0.984. The summed E-state index contributed by atoms with van der Waals surface area (Å²) in [6.45, 7) is 1.61. The van der Waals surface area contributed by atoms with Crippen molar-refractivity contribution in [1.29, 1.82) is 0 Å². The minimum Gasteiger partial charge on any atom is -0.368 e. The monoisotopic (exact) mass is 196 g/mol. The van der Waals surface area contributed by atoms with Gasteiger partial charge in [0, 0.05) is 12.7 Å². The largest absolute Gasteiger partial charge is 0.368 e. The van der Waals surface area contributed by atoms with Crippen LogP contribution in [-0.4, -0.2) is 28.1 Å². The third kappa shape index (κ3) is 2.09. The van der Waals surface area contributed by atoms with E-state index < -0.39 is 5.91 Å². The van der Waals surface area contributed by atoms with Crippen molar-refractivity contribution < 1.29 is 9.59 Å². The van der Waals surface area contributed by atoms with Gasteiger partial charge in [0.05, 0.1) is 18.3 Å². The van der Waals surface area contributed by atoms with Gasteiger partial charge in [0.1, 0.15) is 0 Å². The predicted molar refractivity (Wildman–Crippen MR) is 49.5 cm³/mol. The molecule has 76 valence electrons. The van der Waals surface area contributed by atoms with Crippen molar-refractivity contribution in [3.05, 3.63) is 17.5 Å². The number of primary amides is 1. The van der Waals surface area contributed by atoms with E-state index in [0.717, 1.165) is 5.69 Å². The molecule has 3 N–H and O–H groups in total. The molecule has 14 heavy (non-hydrogen) atoms. The van der Waals surface area contributed by atoms with Gasteiger partial charge in [-0.15, -0.1) is 0 Å². The number of aromatic nitrogens is 2. The fraction of sp³-hybridized carbons (Fsp3) is 0.375. The molecule has 6 heteroatoms. The summed E-state index contributed by atoms with van der Waals surface area (Å²) in [5.41, 5.74) is 6.08. The Morgan fingerprint density at radius 2 is 2.29 bits per heavy atom. The van der Waals surface area contributed by atoms with Gasteiger partial charge in [0.25, 0.3) is 5.91 Å². The first kappa shape index (κ1) is 10.2. The number of nitrogens with zero attached hydrogens (tertiary/aromatic N) is 2. The number of carbonyl (C=O) groups excluding carboxylic acids is 2. The number of rotatable bonds is 3. The van der Waals surface area contributed by atoms with Crippen LogP contribution in [0.3, 0.4) is 0 Å². The van der Waals surface area contributed by atoms with Gasteiger partial charge in [-0.1, -0.05) is 0 Å². The van der Waals surface area contributed by atoms with Crippen molar-refractivity contribution in [1.82, 2.24) is 15.1 Å². The average Bonchev–Trinajstić information content (AvgIpc) is 2.44. The van der Waals surface area contributed by atoms with Crippen molar-refractivity contribution in [3.8, 4) is 0 Å². The van der Waals surface area contributed by atoms with Crippen molar-refractivity contribution in [3.63, 3.8) is 0 Å². The lowest BCUT2D eigenvalue weighted by Gasteiger charge is -2.01. The summed E-state index contributed by atoms with van der Waals surface area (Å²) < 4.78 is 1.58. The predicted octanol–water partition coefficient (Wildman–Crippen LogP) is -1.06. The molecule has 0 aliphatic carbocycles. The summed E-state index contributed by atoms with van der Waals surface area (Å²) in [5, 5.41) is 6.29. The molecular weight excluding hydrogens is 184 g/mol. The van der Waals surface area contributed by atoms with E-state index in [1.54, 1.807) is 18.7 Å². The van der Waals surface area contributed by atoms with E-state index in [4.69, 9.17) is 5.73 Å². The first-order valence-electron chi connectivity index (χ1n) is 4.07. The Balaban J connectivity index is 2.70. The number of amides is 2. The van der Waals surface area contributed by atoms with Crippen LogP contribution in [0.25, 0.3) is 0 Å². The van der Waals surface area contributed by atoms with Crippen LogP contribution in [0.15, 0.2) is 6.20 Å². The van der Waals surface area contributed by atoms with Gasteiger partial charge in [0.15, 0.2) is 0 Å². The third-order valence-corrected chi connectivity index (χ3v) is 1.90. The quantitative estimate of drug-likeness (QED) is 0.646. The van der Waals surface area contributed by atoms with Crippen molar-refractivity contribution in [2.24, 2.45) is 12.8 Å².